The van der Waals surface area contributed by atoms with Crippen molar-refractivity contribution in [1.82, 2.24) is 0 Å². The molecule has 0 saturated heterocycles. The molecule has 0 aliphatic carbocycles. The Bertz CT molecular complexity index is 129. The first-order valence-corrected chi connectivity index (χ1v) is 3.09. The highest BCUT2D eigenvalue weighted by Crippen LogP contribution is 2.01. The zero-order valence-electron chi connectivity index (χ0n) is 6.20. The summed E-state index contributed by atoms with van der Waals surface area (Å²) in [6.45, 7) is 1.66. The van der Waals surface area contributed by atoms with Crippen LogP contribution in [0.3, 0.4) is 0 Å². The number of hydrogen-bond acceptors (Lipinski definition) is 2. The van der Waals surface area contributed by atoms with Crippen LogP contribution in [0.1, 0.15) is 13.3 Å². The summed E-state index contributed by atoms with van der Waals surface area (Å²) in [7, 11) is 1.53. The molecule has 0 fully saturated rings. The van der Waals surface area contributed by atoms with Crippen LogP contribution in [-0.2, 0) is 9.53 Å². The molecule has 1 unspecified atom stereocenters. The maximum Gasteiger partial charge on any atom is 0.306 e. The Labute approximate surface area is 60.3 Å². The predicted octanol–water partition coefficient (Wildman–Crippen LogP) is 1.26. The third-order valence-corrected chi connectivity index (χ3v) is 1.14. The lowest BCUT2D eigenvalue weighted by atomic mass is 10.1. The van der Waals surface area contributed by atoms with Gasteiger partial charge in [-0.1, -0.05) is 6.92 Å². The molecule has 0 spiro atoms. The topological polar surface area (TPSA) is 46.5 Å². The Balaban J connectivity index is 3.48. The van der Waals surface area contributed by atoms with Gasteiger partial charge in [0.1, 0.15) is 0 Å². The van der Waals surface area contributed by atoms with E-state index in [1.165, 1.54) is 13.4 Å². The highest BCUT2D eigenvalue weighted by Gasteiger charge is 2.07. The van der Waals surface area contributed by atoms with Crippen LogP contribution in [0.5, 0.6) is 0 Å². The number of ether oxygens (including phenoxy) is 1. The first-order valence-electron chi connectivity index (χ1n) is 3.09. The van der Waals surface area contributed by atoms with Gasteiger partial charge in [0.2, 0.25) is 0 Å². The lowest BCUT2D eigenvalue weighted by Crippen LogP contribution is -2.07. The van der Waals surface area contributed by atoms with Gasteiger partial charge in [-0.2, -0.15) is 0 Å². The number of methoxy groups -OCH3 is 1. The molecule has 1 atom stereocenters. The summed E-state index contributed by atoms with van der Waals surface area (Å²) in [5.74, 6) is -1.10. The van der Waals surface area contributed by atoms with E-state index in [2.05, 4.69) is 4.74 Å². The second-order valence-corrected chi connectivity index (χ2v) is 2.08. The number of allylic oxidation sites excluding steroid dienone is 1. The summed E-state index contributed by atoms with van der Waals surface area (Å²) >= 11 is 0. The van der Waals surface area contributed by atoms with Crippen molar-refractivity contribution in [2.24, 2.45) is 5.92 Å². The summed E-state index contributed by atoms with van der Waals surface area (Å²) in [5.41, 5.74) is 0. The molecule has 1 N–H and O–H groups in total. The second kappa shape index (κ2) is 4.85. The van der Waals surface area contributed by atoms with E-state index in [1.54, 1.807) is 13.0 Å². The first-order chi connectivity index (χ1) is 4.68. The van der Waals surface area contributed by atoms with E-state index in [9.17, 15) is 4.79 Å². The number of carboxylic acid groups (broad SMARTS) is 1. The van der Waals surface area contributed by atoms with Crippen molar-refractivity contribution in [3.63, 3.8) is 0 Å². The van der Waals surface area contributed by atoms with Crippen molar-refractivity contribution in [3.8, 4) is 0 Å². The Morgan fingerprint density at radius 2 is 2.40 bits per heavy atom. The fourth-order valence-corrected chi connectivity index (χ4v) is 0.457. The Kier molecular flexibility index (Phi) is 4.37. The minimum absolute atomic E-state index is 0.327. The number of hydrogen-bond donors (Lipinski definition) is 1. The van der Waals surface area contributed by atoms with E-state index in [0.717, 1.165) is 0 Å². The smallest absolute Gasteiger partial charge is 0.306 e. The van der Waals surface area contributed by atoms with Crippen LogP contribution >= 0.6 is 0 Å². The molecule has 0 aliphatic rings. The molecule has 0 aromatic rings. The minimum Gasteiger partial charge on any atom is -0.505 e. The van der Waals surface area contributed by atoms with Crippen LogP contribution in [0.15, 0.2) is 12.3 Å². The van der Waals surface area contributed by atoms with E-state index in [4.69, 9.17) is 5.11 Å². The van der Waals surface area contributed by atoms with Crippen molar-refractivity contribution < 1.29 is 14.6 Å². The van der Waals surface area contributed by atoms with Gasteiger partial charge in [-0.05, 0) is 12.5 Å². The molecule has 0 radical (unpaired) electrons. The molecule has 58 valence electrons. The molecule has 0 amide bonds. The summed E-state index contributed by atoms with van der Waals surface area (Å²) in [5, 5.41) is 8.41. The average molecular weight is 144 g/mol. The van der Waals surface area contributed by atoms with Crippen molar-refractivity contribution in [2.45, 2.75) is 13.3 Å². The third-order valence-electron chi connectivity index (χ3n) is 1.14. The number of carboxylic acids is 1. The summed E-state index contributed by atoms with van der Waals surface area (Å²) < 4.78 is 4.60. The Hall–Kier alpha value is -0.990. The quantitative estimate of drug-likeness (QED) is 0.604. The van der Waals surface area contributed by atoms with Crippen LogP contribution < -0.4 is 0 Å². The van der Waals surface area contributed by atoms with Crippen LogP contribution in [0.4, 0.5) is 0 Å². The monoisotopic (exact) mass is 144 g/mol. The Morgan fingerprint density at radius 3 is 2.80 bits per heavy atom. The van der Waals surface area contributed by atoms with Gasteiger partial charge in [0.15, 0.2) is 0 Å². The lowest BCUT2D eigenvalue weighted by molar-refractivity contribution is -0.140. The highest BCUT2D eigenvalue weighted by atomic mass is 16.5. The molecule has 0 heterocycles. The van der Waals surface area contributed by atoms with Crippen LogP contribution in [-0.4, -0.2) is 18.2 Å². The predicted molar refractivity (Wildman–Crippen MR) is 37.6 cm³/mol. The lowest BCUT2D eigenvalue weighted by Gasteiger charge is -1.98. The van der Waals surface area contributed by atoms with Gasteiger partial charge in [-0.3, -0.25) is 4.79 Å². The standard InChI is InChI=1S/C7H12O3/c1-6(7(8)9)4-3-5-10-2/h3,5-6H,4H2,1-2H3,(H,8,9). The number of carbonyl (C=O) groups is 1. The van der Waals surface area contributed by atoms with Gasteiger partial charge in [0, 0.05) is 0 Å². The van der Waals surface area contributed by atoms with Gasteiger partial charge in [0.05, 0.1) is 19.3 Å². The van der Waals surface area contributed by atoms with Gasteiger partial charge >= 0.3 is 5.97 Å². The van der Waals surface area contributed by atoms with E-state index in [-0.39, 0.29) is 5.92 Å². The average Bonchev–Trinajstić information content (AvgIpc) is 1.88. The molecule has 10 heavy (non-hydrogen) atoms. The largest absolute Gasteiger partial charge is 0.505 e. The molecule has 3 heteroatoms. The molecule has 0 aliphatic heterocycles. The number of rotatable bonds is 4. The molecule has 0 rings (SSSR count). The Morgan fingerprint density at radius 1 is 1.80 bits per heavy atom. The molecule has 3 nitrogen and oxygen atoms in total. The summed E-state index contributed by atoms with van der Waals surface area (Å²) in [6.07, 6.45) is 3.70. The zero-order chi connectivity index (χ0) is 7.98. The second-order valence-electron chi connectivity index (χ2n) is 2.08. The molecule has 0 aromatic heterocycles. The molecular weight excluding hydrogens is 132 g/mol. The maximum absolute atomic E-state index is 10.2. The van der Waals surface area contributed by atoms with Crippen LogP contribution in [0.25, 0.3) is 0 Å². The fraction of sp³-hybridized carbons (Fsp3) is 0.571. The van der Waals surface area contributed by atoms with Crippen molar-refractivity contribution in [1.29, 1.82) is 0 Å². The van der Waals surface area contributed by atoms with Crippen molar-refractivity contribution in [2.75, 3.05) is 7.11 Å². The minimum atomic E-state index is -0.777. The van der Waals surface area contributed by atoms with Gasteiger partial charge < -0.3 is 9.84 Å². The van der Waals surface area contributed by atoms with Crippen molar-refractivity contribution in [3.05, 3.63) is 12.3 Å². The van der Waals surface area contributed by atoms with Crippen LogP contribution in [0.2, 0.25) is 0 Å². The van der Waals surface area contributed by atoms with Crippen LogP contribution in [0, 0.1) is 5.92 Å². The van der Waals surface area contributed by atoms with Crippen molar-refractivity contribution >= 4 is 5.97 Å². The molecule has 0 bridgehead atoms. The summed E-state index contributed by atoms with van der Waals surface area (Å²) in [6, 6.07) is 0. The van der Waals surface area contributed by atoms with E-state index >= 15 is 0 Å². The first kappa shape index (κ1) is 9.01. The van der Waals surface area contributed by atoms with Gasteiger partial charge in [0.25, 0.3) is 0 Å². The highest BCUT2D eigenvalue weighted by molar-refractivity contribution is 5.69. The normalized spacial score (nSPS) is 13.4. The maximum atomic E-state index is 10.2. The summed E-state index contributed by atoms with van der Waals surface area (Å²) in [4.78, 5) is 10.2. The number of aliphatic carboxylic acids is 1. The fourth-order valence-electron chi connectivity index (χ4n) is 0.457. The van der Waals surface area contributed by atoms with Gasteiger partial charge in [-0.25, -0.2) is 0 Å². The molecular formula is C7H12O3. The van der Waals surface area contributed by atoms with Gasteiger partial charge in [-0.15, -0.1) is 0 Å². The molecule has 0 aromatic carbocycles. The molecule has 0 saturated carbocycles. The third kappa shape index (κ3) is 3.95. The zero-order valence-corrected chi connectivity index (χ0v) is 6.20. The SMILES string of the molecule is COC=CCC(C)C(=O)O. The van der Waals surface area contributed by atoms with E-state index in [1.807, 2.05) is 0 Å². The van der Waals surface area contributed by atoms with E-state index in [0.29, 0.717) is 6.42 Å². The van der Waals surface area contributed by atoms with E-state index < -0.39 is 5.97 Å².